The molecule has 104 valence electrons. The lowest BCUT2D eigenvalue weighted by Crippen LogP contribution is -1.89. The molecule has 0 aliphatic rings. The zero-order chi connectivity index (χ0) is 14.4. The highest BCUT2D eigenvalue weighted by atomic mass is 32.1. The van der Waals surface area contributed by atoms with Crippen LogP contribution in [0.1, 0.15) is 35.8 Å². The molecular weight excluding hydrogens is 268 g/mol. The highest BCUT2D eigenvalue weighted by Gasteiger charge is 2.17. The fourth-order valence-corrected chi connectivity index (χ4v) is 3.17. The van der Waals surface area contributed by atoms with E-state index in [0.29, 0.717) is 4.71 Å². The summed E-state index contributed by atoms with van der Waals surface area (Å²) in [6.45, 7) is 8.38. The van der Waals surface area contributed by atoms with E-state index >= 15 is 0 Å². The van der Waals surface area contributed by atoms with E-state index in [0.717, 1.165) is 35.2 Å². The first-order valence-electron chi connectivity index (χ1n) is 6.99. The predicted octanol–water partition coefficient (Wildman–Crippen LogP) is 5.79. The van der Waals surface area contributed by atoms with E-state index in [2.05, 4.69) is 26.8 Å². The van der Waals surface area contributed by atoms with Crippen LogP contribution in [0, 0.1) is 25.5 Å². The summed E-state index contributed by atoms with van der Waals surface area (Å²) in [6.07, 6.45) is 2.05. The average molecular weight is 286 g/mol. The summed E-state index contributed by atoms with van der Waals surface area (Å²) in [5.41, 5.74) is 5.38. The normalized spacial score (nSPS) is 11.6. The van der Waals surface area contributed by atoms with Crippen molar-refractivity contribution < 1.29 is 8.83 Å². The van der Waals surface area contributed by atoms with E-state index in [1.54, 1.807) is 0 Å². The van der Waals surface area contributed by atoms with Crippen molar-refractivity contribution in [3.8, 4) is 0 Å². The molecular formula is C17H18O2S. The van der Waals surface area contributed by atoms with Crippen LogP contribution in [-0.4, -0.2) is 0 Å². The summed E-state index contributed by atoms with van der Waals surface area (Å²) in [6, 6.07) is 4.04. The average Bonchev–Trinajstić information content (AvgIpc) is 2.65. The lowest BCUT2D eigenvalue weighted by atomic mass is 9.99. The second-order valence-electron chi connectivity index (χ2n) is 5.39. The Morgan fingerprint density at radius 3 is 2.50 bits per heavy atom. The maximum atomic E-state index is 6.03. The van der Waals surface area contributed by atoms with E-state index in [4.69, 9.17) is 21.1 Å². The van der Waals surface area contributed by atoms with Gasteiger partial charge in [0.25, 0.3) is 0 Å². The number of rotatable bonds is 2. The van der Waals surface area contributed by atoms with Gasteiger partial charge in [-0.2, -0.15) is 0 Å². The van der Waals surface area contributed by atoms with Crippen molar-refractivity contribution in [2.75, 3.05) is 0 Å². The van der Waals surface area contributed by atoms with Crippen LogP contribution in [0.25, 0.3) is 21.9 Å². The second kappa shape index (κ2) is 4.74. The first-order valence-corrected chi connectivity index (χ1v) is 7.39. The maximum Gasteiger partial charge on any atom is 0.191 e. The van der Waals surface area contributed by atoms with Gasteiger partial charge < -0.3 is 8.83 Å². The van der Waals surface area contributed by atoms with Gasteiger partial charge in [-0.1, -0.05) is 13.3 Å². The Kier molecular flexibility index (Phi) is 3.17. The molecule has 2 nitrogen and oxygen atoms in total. The molecule has 0 aliphatic heterocycles. The van der Waals surface area contributed by atoms with Crippen molar-refractivity contribution in [1.29, 1.82) is 0 Å². The van der Waals surface area contributed by atoms with Gasteiger partial charge in [0.05, 0.1) is 5.39 Å². The quantitative estimate of drug-likeness (QED) is 0.558. The largest absolute Gasteiger partial charge is 0.460 e. The Morgan fingerprint density at radius 2 is 1.80 bits per heavy atom. The molecule has 0 saturated carbocycles. The molecule has 20 heavy (non-hydrogen) atoms. The van der Waals surface area contributed by atoms with E-state index in [1.165, 1.54) is 22.1 Å². The molecule has 0 unspecified atom stereocenters. The van der Waals surface area contributed by atoms with Gasteiger partial charge in [0.15, 0.2) is 4.71 Å². The molecule has 0 aliphatic carbocycles. The van der Waals surface area contributed by atoms with Gasteiger partial charge in [-0.15, -0.1) is 0 Å². The third-order valence-electron chi connectivity index (χ3n) is 3.94. The number of aryl methyl sites for hydroxylation is 4. The first kappa shape index (κ1) is 13.4. The molecule has 0 fully saturated rings. The lowest BCUT2D eigenvalue weighted by molar-refractivity contribution is 0.569. The van der Waals surface area contributed by atoms with E-state index in [1.807, 2.05) is 13.0 Å². The standard InChI is InChI=1S/C17H18O2S/c1-5-6-12-8-14(20)19-13-7-9(2)15-10(3)11(4)18-17(15)16(12)13/h7-8H,5-6H2,1-4H3. The molecule has 2 aromatic heterocycles. The van der Waals surface area contributed by atoms with Gasteiger partial charge in [0, 0.05) is 5.39 Å². The van der Waals surface area contributed by atoms with Gasteiger partial charge in [0.1, 0.15) is 16.9 Å². The molecule has 2 heterocycles. The van der Waals surface area contributed by atoms with E-state index < -0.39 is 0 Å². The van der Waals surface area contributed by atoms with Crippen molar-refractivity contribution in [3.05, 3.63) is 39.3 Å². The van der Waals surface area contributed by atoms with Gasteiger partial charge in [0.2, 0.25) is 0 Å². The van der Waals surface area contributed by atoms with Gasteiger partial charge in [-0.3, -0.25) is 0 Å². The second-order valence-corrected chi connectivity index (χ2v) is 5.80. The molecule has 0 radical (unpaired) electrons. The Morgan fingerprint density at radius 1 is 1.05 bits per heavy atom. The summed E-state index contributed by atoms with van der Waals surface area (Å²) >= 11 is 5.24. The summed E-state index contributed by atoms with van der Waals surface area (Å²) in [7, 11) is 0. The Bertz CT molecular complexity index is 868. The van der Waals surface area contributed by atoms with Crippen LogP contribution in [0.3, 0.4) is 0 Å². The van der Waals surface area contributed by atoms with Gasteiger partial charge in [-0.25, -0.2) is 0 Å². The van der Waals surface area contributed by atoms with Crippen molar-refractivity contribution in [2.24, 2.45) is 0 Å². The Balaban J connectivity index is 2.57. The molecule has 0 bridgehead atoms. The summed E-state index contributed by atoms with van der Waals surface area (Å²) in [5, 5.41) is 2.29. The third kappa shape index (κ3) is 1.88. The Labute approximate surface area is 123 Å². The fraction of sp³-hybridized carbons (Fsp3) is 0.353. The number of furan rings is 1. The minimum Gasteiger partial charge on any atom is -0.460 e. The van der Waals surface area contributed by atoms with Crippen LogP contribution in [0.5, 0.6) is 0 Å². The van der Waals surface area contributed by atoms with Crippen molar-refractivity contribution >= 4 is 34.2 Å². The van der Waals surface area contributed by atoms with Crippen LogP contribution in [0.15, 0.2) is 21.0 Å². The molecule has 3 heteroatoms. The minimum atomic E-state index is 0.541. The van der Waals surface area contributed by atoms with Crippen LogP contribution >= 0.6 is 12.2 Å². The molecule has 0 N–H and O–H groups in total. The van der Waals surface area contributed by atoms with Crippen molar-refractivity contribution in [3.63, 3.8) is 0 Å². The monoisotopic (exact) mass is 286 g/mol. The highest BCUT2D eigenvalue weighted by Crippen LogP contribution is 2.36. The summed E-state index contributed by atoms with van der Waals surface area (Å²) < 4.78 is 12.3. The summed E-state index contributed by atoms with van der Waals surface area (Å²) in [5.74, 6) is 0.973. The van der Waals surface area contributed by atoms with Gasteiger partial charge >= 0.3 is 0 Å². The van der Waals surface area contributed by atoms with Gasteiger partial charge in [-0.05, 0) is 68.2 Å². The molecule has 3 rings (SSSR count). The van der Waals surface area contributed by atoms with Crippen molar-refractivity contribution in [2.45, 2.75) is 40.5 Å². The highest BCUT2D eigenvalue weighted by molar-refractivity contribution is 7.71. The number of hydrogen-bond donors (Lipinski definition) is 0. The zero-order valence-electron chi connectivity index (χ0n) is 12.3. The maximum absolute atomic E-state index is 6.03. The molecule has 1 aromatic carbocycles. The molecule has 3 aromatic rings. The predicted molar refractivity (Wildman–Crippen MR) is 85.0 cm³/mol. The molecule has 0 amide bonds. The van der Waals surface area contributed by atoms with Crippen LogP contribution < -0.4 is 0 Å². The van der Waals surface area contributed by atoms with E-state index in [9.17, 15) is 0 Å². The van der Waals surface area contributed by atoms with Crippen LogP contribution in [0.4, 0.5) is 0 Å². The topological polar surface area (TPSA) is 26.3 Å². The SMILES string of the molecule is CCCc1cc(=S)oc2cc(C)c3c(C)c(C)oc3c12. The van der Waals surface area contributed by atoms with E-state index in [-0.39, 0.29) is 0 Å². The molecule has 0 atom stereocenters. The minimum absolute atomic E-state index is 0.541. The lowest BCUT2D eigenvalue weighted by Gasteiger charge is -2.07. The van der Waals surface area contributed by atoms with Crippen LogP contribution in [0.2, 0.25) is 0 Å². The van der Waals surface area contributed by atoms with Crippen LogP contribution in [-0.2, 0) is 6.42 Å². The van der Waals surface area contributed by atoms with Crippen molar-refractivity contribution in [1.82, 2.24) is 0 Å². The number of benzene rings is 1. The first-order chi connectivity index (χ1) is 9.52. The molecule has 0 saturated heterocycles. The number of fused-ring (bicyclic) bond motifs is 3. The third-order valence-corrected chi connectivity index (χ3v) is 4.14. The summed E-state index contributed by atoms with van der Waals surface area (Å²) in [4.78, 5) is 0. The molecule has 0 spiro atoms. The fourth-order valence-electron chi connectivity index (χ4n) is 2.93. The zero-order valence-corrected chi connectivity index (χ0v) is 13.1. The Hall–Kier alpha value is -1.61. The number of hydrogen-bond acceptors (Lipinski definition) is 3. The smallest absolute Gasteiger partial charge is 0.191 e.